The normalized spacial score (nSPS) is 10.1. The van der Waals surface area contributed by atoms with Crippen molar-refractivity contribution < 1.29 is 4.79 Å². The first-order chi connectivity index (χ1) is 6.15. The molecule has 13 heavy (non-hydrogen) atoms. The second-order valence-electron chi connectivity index (χ2n) is 3.16. The Bertz CT molecular complexity index is 302. The highest BCUT2D eigenvalue weighted by molar-refractivity contribution is 5.75. The lowest BCUT2D eigenvalue weighted by Gasteiger charge is -2.06. The minimum Gasteiger partial charge on any atom is -0.351 e. The Kier molecular flexibility index (Phi) is 3.12. The van der Waals surface area contributed by atoms with Crippen LogP contribution in [0.2, 0.25) is 0 Å². The van der Waals surface area contributed by atoms with Gasteiger partial charge in [-0.15, -0.1) is 0 Å². The third-order valence-corrected chi connectivity index (χ3v) is 2.26. The van der Waals surface area contributed by atoms with Gasteiger partial charge in [0.25, 0.3) is 0 Å². The maximum Gasteiger partial charge on any atom is 0.220 e. The van der Waals surface area contributed by atoms with Crippen LogP contribution in [0.1, 0.15) is 24.7 Å². The van der Waals surface area contributed by atoms with Gasteiger partial charge in [0.15, 0.2) is 0 Å². The summed E-state index contributed by atoms with van der Waals surface area (Å²) in [5.74, 6) is 0.0962. The molecule has 0 unspecified atom stereocenters. The van der Waals surface area contributed by atoms with E-state index < -0.39 is 0 Å². The van der Waals surface area contributed by atoms with Crippen LogP contribution in [-0.4, -0.2) is 10.5 Å². The molecule has 0 atom stereocenters. The molecule has 3 nitrogen and oxygen atoms in total. The smallest absolute Gasteiger partial charge is 0.220 e. The summed E-state index contributed by atoms with van der Waals surface area (Å²) in [5, 5.41) is 2.84. The Balaban J connectivity index is 2.55. The number of hydrogen-bond acceptors (Lipinski definition) is 1. The molecular formula is C10H16N2O. The topological polar surface area (TPSA) is 34.0 Å². The molecule has 1 aromatic heterocycles. The van der Waals surface area contributed by atoms with Gasteiger partial charge in [0.1, 0.15) is 0 Å². The van der Waals surface area contributed by atoms with Crippen molar-refractivity contribution in [3.05, 3.63) is 23.5 Å². The Morgan fingerprint density at radius 3 is 2.69 bits per heavy atom. The molecule has 0 fully saturated rings. The van der Waals surface area contributed by atoms with Gasteiger partial charge in [-0.05, 0) is 19.1 Å². The molecule has 0 aromatic carbocycles. The number of amides is 1. The summed E-state index contributed by atoms with van der Waals surface area (Å²) >= 11 is 0. The van der Waals surface area contributed by atoms with Gasteiger partial charge in [-0.1, -0.05) is 6.92 Å². The molecule has 0 aliphatic carbocycles. The molecular weight excluding hydrogens is 164 g/mol. The molecule has 1 rings (SSSR count). The molecule has 0 bridgehead atoms. The largest absolute Gasteiger partial charge is 0.351 e. The number of hydrogen-bond donors (Lipinski definition) is 1. The van der Waals surface area contributed by atoms with E-state index in [1.807, 2.05) is 33.0 Å². The fourth-order valence-corrected chi connectivity index (χ4v) is 1.16. The highest BCUT2D eigenvalue weighted by Gasteiger charge is 2.01. The minimum absolute atomic E-state index is 0.0962. The SMILES string of the molecule is CCC(=O)NCc1ccc(C)n1C. The van der Waals surface area contributed by atoms with E-state index in [0.29, 0.717) is 13.0 Å². The number of aromatic nitrogens is 1. The molecule has 1 amide bonds. The standard InChI is InChI=1S/C10H16N2O/c1-4-10(13)11-7-9-6-5-8(2)12(9)3/h5-6H,4,7H2,1-3H3,(H,11,13). The summed E-state index contributed by atoms with van der Waals surface area (Å²) in [6.45, 7) is 4.52. The van der Waals surface area contributed by atoms with Crippen LogP contribution >= 0.6 is 0 Å². The average molecular weight is 180 g/mol. The number of aryl methyl sites for hydroxylation is 1. The lowest BCUT2D eigenvalue weighted by molar-refractivity contribution is -0.120. The summed E-state index contributed by atoms with van der Waals surface area (Å²) in [6.07, 6.45) is 0.545. The maximum atomic E-state index is 11.0. The summed E-state index contributed by atoms with van der Waals surface area (Å²) in [5.41, 5.74) is 2.35. The third kappa shape index (κ3) is 2.34. The summed E-state index contributed by atoms with van der Waals surface area (Å²) in [4.78, 5) is 11.0. The van der Waals surface area contributed by atoms with Crippen molar-refractivity contribution in [2.75, 3.05) is 0 Å². The second kappa shape index (κ2) is 4.12. The van der Waals surface area contributed by atoms with Crippen LogP contribution in [-0.2, 0) is 18.4 Å². The maximum absolute atomic E-state index is 11.0. The van der Waals surface area contributed by atoms with E-state index in [2.05, 4.69) is 9.88 Å². The number of nitrogens with zero attached hydrogens (tertiary/aromatic N) is 1. The van der Waals surface area contributed by atoms with Crippen molar-refractivity contribution in [2.24, 2.45) is 7.05 Å². The Hall–Kier alpha value is -1.25. The van der Waals surface area contributed by atoms with E-state index in [1.54, 1.807) is 0 Å². The molecule has 1 N–H and O–H groups in total. The first-order valence-electron chi connectivity index (χ1n) is 4.53. The highest BCUT2D eigenvalue weighted by atomic mass is 16.1. The first kappa shape index (κ1) is 9.84. The summed E-state index contributed by atoms with van der Waals surface area (Å²) in [7, 11) is 2.00. The highest BCUT2D eigenvalue weighted by Crippen LogP contribution is 2.04. The molecule has 0 aliphatic rings. The van der Waals surface area contributed by atoms with Gasteiger partial charge < -0.3 is 9.88 Å². The molecule has 0 saturated carbocycles. The van der Waals surface area contributed by atoms with Gasteiger partial charge in [-0.25, -0.2) is 0 Å². The van der Waals surface area contributed by atoms with Crippen LogP contribution in [0.4, 0.5) is 0 Å². The minimum atomic E-state index is 0.0962. The van der Waals surface area contributed by atoms with Crippen LogP contribution in [0.3, 0.4) is 0 Å². The quantitative estimate of drug-likeness (QED) is 0.748. The van der Waals surface area contributed by atoms with Crippen molar-refractivity contribution >= 4 is 5.91 Å². The van der Waals surface area contributed by atoms with E-state index in [4.69, 9.17) is 0 Å². The van der Waals surface area contributed by atoms with Crippen molar-refractivity contribution in [1.29, 1.82) is 0 Å². The second-order valence-corrected chi connectivity index (χ2v) is 3.16. The van der Waals surface area contributed by atoms with Crippen LogP contribution in [0.15, 0.2) is 12.1 Å². The lowest BCUT2D eigenvalue weighted by atomic mass is 10.4. The third-order valence-electron chi connectivity index (χ3n) is 2.26. The van der Waals surface area contributed by atoms with E-state index in [9.17, 15) is 4.79 Å². The zero-order valence-corrected chi connectivity index (χ0v) is 8.42. The number of rotatable bonds is 3. The van der Waals surface area contributed by atoms with Gasteiger partial charge in [0.05, 0.1) is 6.54 Å². The van der Waals surface area contributed by atoms with Crippen LogP contribution < -0.4 is 5.32 Å². The number of nitrogens with one attached hydrogen (secondary N) is 1. The summed E-state index contributed by atoms with van der Waals surface area (Å²) in [6, 6.07) is 4.08. The predicted molar refractivity (Wildman–Crippen MR) is 52.3 cm³/mol. The van der Waals surface area contributed by atoms with Crippen LogP contribution in [0, 0.1) is 6.92 Å². The van der Waals surface area contributed by atoms with Crippen LogP contribution in [0.25, 0.3) is 0 Å². The Morgan fingerprint density at radius 1 is 1.54 bits per heavy atom. The average Bonchev–Trinajstić information content (AvgIpc) is 2.44. The van der Waals surface area contributed by atoms with Crippen molar-refractivity contribution in [2.45, 2.75) is 26.8 Å². The van der Waals surface area contributed by atoms with Crippen LogP contribution in [0.5, 0.6) is 0 Å². The number of carbonyl (C=O) groups excluding carboxylic acids is 1. The molecule has 0 spiro atoms. The van der Waals surface area contributed by atoms with E-state index in [1.165, 1.54) is 5.69 Å². The van der Waals surface area contributed by atoms with Crippen molar-refractivity contribution in [3.63, 3.8) is 0 Å². The molecule has 0 radical (unpaired) electrons. The van der Waals surface area contributed by atoms with Gasteiger partial charge in [0, 0.05) is 24.9 Å². The van der Waals surface area contributed by atoms with E-state index in [-0.39, 0.29) is 5.91 Å². The Labute approximate surface area is 78.8 Å². The zero-order chi connectivity index (χ0) is 9.84. The Morgan fingerprint density at radius 2 is 2.23 bits per heavy atom. The van der Waals surface area contributed by atoms with Gasteiger partial charge >= 0.3 is 0 Å². The molecule has 72 valence electrons. The molecule has 3 heteroatoms. The molecule has 1 aromatic rings. The number of carbonyl (C=O) groups is 1. The summed E-state index contributed by atoms with van der Waals surface area (Å²) < 4.78 is 2.08. The first-order valence-corrected chi connectivity index (χ1v) is 4.53. The molecule has 0 saturated heterocycles. The monoisotopic (exact) mass is 180 g/mol. The van der Waals surface area contributed by atoms with Gasteiger partial charge in [-0.2, -0.15) is 0 Å². The van der Waals surface area contributed by atoms with Crippen molar-refractivity contribution in [1.82, 2.24) is 9.88 Å². The van der Waals surface area contributed by atoms with E-state index >= 15 is 0 Å². The molecule has 0 aliphatic heterocycles. The van der Waals surface area contributed by atoms with Gasteiger partial charge in [-0.3, -0.25) is 4.79 Å². The lowest BCUT2D eigenvalue weighted by Crippen LogP contribution is -2.22. The van der Waals surface area contributed by atoms with E-state index in [0.717, 1.165) is 5.69 Å². The van der Waals surface area contributed by atoms with Crippen molar-refractivity contribution in [3.8, 4) is 0 Å². The fourth-order valence-electron chi connectivity index (χ4n) is 1.16. The fraction of sp³-hybridized carbons (Fsp3) is 0.500. The molecule has 1 heterocycles. The zero-order valence-electron chi connectivity index (χ0n) is 8.42. The predicted octanol–water partition coefficient (Wildman–Crippen LogP) is 1.36. The van der Waals surface area contributed by atoms with Gasteiger partial charge in [0.2, 0.25) is 5.91 Å².